The Labute approximate surface area is 188 Å². The lowest BCUT2D eigenvalue weighted by molar-refractivity contribution is -0.128. The maximum Gasteiger partial charge on any atom is 0.222 e. The molecule has 1 heterocycles. The number of carbonyl (C=O) groups is 1. The van der Waals surface area contributed by atoms with Crippen LogP contribution >= 0.6 is 23.2 Å². The first-order chi connectivity index (χ1) is 14.5. The average Bonchev–Trinajstić information content (AvgIpc) is 3.13. The zero-order valence-corrected chi connectivity index (χ0v) is 18.9. The van der Waals surface area contributed by atoms with Gasteiger partial charge in [-0.3, -0.25) is 4.79 Å². The Kier molecular flexibility index (Phi) is 8.00. The summed E-state index contributed by atoms with van der Waals surface area (Å²) in [5, 5.41) is 7.79. The quantitative estimate of drug-likeness (QED) is 0.467. The summed E-state index contributed by atoms with van der Waals surface area (Å²) in [6.07, 6.45) is 1.62. The zero-order valence-electron chi connectivity index (χ0n) is 17.4. The van der Waals surface area contributed by atoms with Gasteiger partial charge in [-0.1, -0.05) is 53.5 Å². The summed E-state index contributed by atoms with van der Waals surface area (Å²) in [7, 11) is 0. The number of rotatable bonds is 7. The van der Waals surface area contributed by atoms with E-state index in [4.69, 9.17) is 28.2 Å². The molecule has 2 aromatic rings. The molecule has 1 amide bonds. The van der Waals surface area contributed by atoms with Crippen LogP contribution in [0.3, 0.4) is 0 Å². The second kappa shape index (κ2) is 10.7. The highest BCUT2D eigenvalue weighted by Gasteiger charge is 2.19. The Morgan fingerprint density at radius 1 is 1.17 bits per heavy atom. The summed E-state index contributed by atoms with van der Waals surface area (Å²) in [4.78, 5) is 18.5. The number of benzene rings is 2. The summed E-state index contributed by atoms with van der Waals surface area (Å²) in [5.74, 6) is 0.976. The van der Waals surface area contributed by atoms with Crippen molar-refractivity contribution in [1.29, 1.82) is 0 Å². The molecule has 3 rings (SSSR count). The minimum absolute atomic E-state index is 0.0186. The lowest BCUT2D eigenvalue weighted by atomic mass is 10.1. The van der Waals surface area contributed by atoms with E-state index in [1.165, 1.54) is 0 Å². The first-order valence-electron chi connectivity index (χ1n) is 10.3. The second-order valence-corrected chi connectivity index (χ2v) is 8.29. The van der Waals surface area contributed by atoms with Crippen molar-refractivity contribution >= 4 is 35.1 Å². The molecule has 5 nitrogen and oxygen atoms in total. The lowest BCUT2D eigenvalue weighted by Gasteiger charge is -2.19. The van der Waals surface area contributed by atoms with E-state index in [-0.39, 0.29) is 11.9 Å². The van der Waals surface area contributed by atoms with Crippen molar-refractivity contribution in [3.8, 4) is 0 Å². The van der Waals surface area contributed by atoms with Gasteiger partial charge in [-0.25, -0.2) is 4.99 Å². The highest BCUT2D eigenvalue weighted by atomic mass is 35.5. The minimum Gasteiger partial charge on any atom is -0.357 e. The molecule has 2 aromatic carbocycles. The van der Waals surface area contributed by atoms with Crippen LogP contribution in [0, 0.1) is 0 Å². The van der Waals surface area contributed by atoms with Crippen LogP contribution in [0.2, 0.25) is 10.0 Å². The highest BCUT2D eigenvalue weighted by molar-refractivity contribution is 6.42. The van der Waals surface area contributed by atoms with Crippen molar-refractivity contribution in [3.05, 3.63) is 69.2 Å². The number of aliphatic imine (C=N–C) groups is 1. The number of amides is 1. The number of carbonyl (C=O) groups excluding carboxylic acids is 1. The second-order valence-electron chi connectivity index (χ2n) is 7.47. The van der Waals surface area contributed by atoms with Gasteiger partial charge >= 0.3 is 0 Å². The van der Waals surface area contributed by atoms with E-state index in [1.54, 1.807) is 6.07 Å². The molecule has 160 valence electrons. The molecule has 1 atom stereocenters. The van der Waals surface area contributed by atoms with Gasteiger partial charge in [0.25, 0.3) is 0 Å². The number of nitrogens with one attached hydrogen (secondary N) is 2. The van der Waals surface area contributed by atoms with Crippen molar-refractivity contribution in [2.45, 2.75) is 45.8 Å². The fourth-order valence-electron chi connectivity index (χ4n) is 3.48. The van der Waals surface area contributed by atoms with Crippen LogP contribution in [0.15, 0.2) is 47.5 Å². The summed E-state index contributed by atoms with van der Waals surface area (Å²) >= 11 is 12.2. The smallest absolute Gasteiger partial charge is 0.222 e. The van der Waals surface area contributed by atoms with Crippen molar-refractivity contribution in [2.24, 2.45) is 4.99 Å². The number of guanidine groups is 1. The standard InChI is InChI=1S/C23H28Cl2N4O/c1-3-26-23(28-16(2)19-9-10-20(24)21(25)13-19)27-14-17-6-4-7-18(12-17)15-29-11-5-8-22(29)30/h4,6-7,9-10,12-13,16H,3,5,8,11,14-15H2,1-2H3,(H2,26,27,28). The van der Waals surface area contributed by atoms with Crippen LogP contribution in [0.5, 0.6) is 0 Å². The van der Waals surface area contributed by atoms with Gasteiger partial charge in [-0.2, -0.15) is 0 Å². The van der Waals surface area contributed by atoms with E-state index in [1.807, 2.05) is 30.0 Å². The predicted octanol–water partition coefficient (Wildman–Crippen LogP) is 4.93. The van der Waals surface area contributed by atoms with Crippen molar-refractivity contribution in [3.63, 3.8) is 0 Å². The van der Waals surface area contributed by atoms with Crippen LogP contribution in [-0.2, 0) is 17.9 Å². The molecule has 1 aliphatic heterocycles. The Morgan fingerprint density at radius 2 is 1.97 bits per heavy atom. The third-order valence-electron chi connectivity index (χ3n) is 5.10. The largest absolute Gasteiger partial charge is 0.357 e. The average molecular weight is 447 g/mol. The van der Waals surface area contributed by atoms with Gasteiger partial charge in [0.05, 0.1) is 22.6 Å². The molecule has 0 aliphatic carbocycles. The molecule has 7 heteroatoms. The third kappa shape index (κ3) is 6.13. The fourth-order valence-corrected chi connectivity index (χ4v) is 3.78. The van der Waals surface area contributed by atoms with Crippen LogP contribution in [0.1, 0.15) is 49.4 Å². The van der Waals surface area contributed by atoms with Gasteiger partial charge in [0, 0.05) is 26.1 Å². The SMILES string of the molecule is CCNC(=NCc1cccc(CN2CCCC2=O)c1)NC(C)c1ccc(Cl)c(Cl)c1. The fraction of sp³-hybridized carbons (Fsp3) is 0.391. The zero-order chi connectivity index (χ0) is 21.5. The van der Waals surface area contributed by atoms with E-state index in [9.17, 15) is 4.79 Å². The number of nitrogens with zero attached hydrogens (tertiary/aromatic N) is 2. The summed E-state index contributed by atoms with van der Waals surface area (Å²) < 4.78 is 0. The van der Waals surface area contributed by atoms with Gasteiger partial charge in [-0.15, -0.1) is 0 Å². The van der Waals surface area contributed by atoms with E-state index in [0.717, 1.165) is 42.2 Å². The molecule has 0 radical (unpaired) electrons. The molecular weight excluding hydrogens is 419 g/mol. The highest BCUT2D eigenvalue weighted by Crippen LogP contribution is 2.25. The Hall–Kier alpha value is -2.24. The molecule has 1 aliphatic rings. The van der Waals surface area contributed by atoms with Crippen LogP contribution < -0.4 is 10.6 Å². The maximum absolute atomic E-state index is 11.9. The van der Waals surface area contributed by atoms with E-state index in [2.05, 4.69) is 35.8 Å². The van der Waals surface area contributed by atoms with Gasteiger partial charge in [0.15, 0.2) is 5.96 Å². The Bertz CT molecular complexity index is 916. The van der Waals surface area contributed by atoms with Gasteiger partial charge in [0.1, 0.15) is 0 Å². The molecule has 0 aromatic heterocycles. The monoisotopic (exact) mass is 446 g/mol. The van der Waals surface area contributed by atoms with Crippen LogP contribution in [0.25, 0.3) is 0 Å². The predicted molar refractivity (Wildman–Crippen MR) is 124 cm³/mol. The Morgan fingerprint density at radius 3 is 2.67 bits per heavy atom. The molecule has 1 unspecified atom stereocenters. The maximum atomic E-state index is 11.9. The van der Waals surface area contributed by atoms with E-state index in [0.29, 0.717) is 29.6 Å². The molecule has 1 fully saturated rings. The molecule has 0 spiro atoms. The van der Waals surface area contributed by atoms with Gasteiger partial charge in [0.2, 0.25) is 5.91 Å². The molecule has 30 heavy (non-hydrogen) atoms. The topological polar surface area (TPSA) is 56.7 Å². The van der Waals surface area contributed by atoms with E-state index >= 15 is 0 Å². The van der Waals surface area contributed by atoms with E-state index < -0.39 is 0 Å². The Balaban J connectivity index is 1.65. The number of likely N-dealkylation sites (tertiary alicyclic amines) is 1. The van der Waals surface area contributed by atoms with Crippen LogP contribution in [0.4, 0.5) is 0 Å². The van der Waals surface area contributed by atoms with Crippen LogP contribution in [-0.4, -0.2) is 29.9 Å². The number of halogens is 2. The van der Waals surface area contributed by atoms with Crippen molar-refractivity contribution in [2.75, 3.05) is 13.1 Å². The van der Waals surface area contributed by atoms with Crippen molar-refractivity contribution < 1.29 is 4.79 Å². The molecule has 0 bridgehead atoms. The summed E-state index contributed by atoms with van der Waals surface area (Å²) in [5.41, 5.74) is 3.28. The molecular formula is C23H28Cl2N4O. The lowest BCUT2D eigenvalue weighted by Crippen LogP contribution is -2.38. The summed E-state index contributed by atoms with van der Waals surface area (Å²) in [6, 6.07) is 13.9. The third-order valence-corrected chi connectivity index (χ3v) is 5.84. The van der Waals surface area contributed by atoms with Gasteiger partial charge < -0.3 is 15.5 Å². The van der Waals surface area contributed by atoms with Crippen molar-refractivity contribution in [1.82, 2.24) is 15.5 Å². The number of hydrogen-bond acceptors (Lipinski definition) is 2. The molecule has 1 saturated heterocycles. The summed E-state index contributed by atoms with van der Waals surface area (Å²) in [6.45, 7) is 6.92. The number of hydrogen-bond donors (Lipinski definition) is 2. The first-order valence-corrected chi connectivity index (χ1v) is 11.1. The molecule has 2 N–H and O–H groups in total. The first kappa shape index (κ1) is 22.4. The minimum atomic E-state index is 0.0186. The molecule has 0 saturated carbocycles. The normalized spacial score (nSPS) is 15.4. The van der Waals surface area contributed by atoms with Gasteiger partial charge in [-0.05, 0) is 49.1 Å².